The van der Waals surface area contributed by atoms with Crippen LogP contribution in [-0.2, 0) is 29.0 Å². The summed E-state index contributed by atoms with van der Waals surface area (Å²) in [6, 6.07) is 15.5. The van der Waals surface area contributed by atoms with Crippen molar-refractivity contribution in [2.24, 2.45) is 0 Å². The van der Waals surface area contributed by atoms with Crippen LogP contribution in [0.25, 0.3) is 0 Å². The Morgan fingerprint density at radius 2 is 1.71 bits per heavy atom. The molecule has 0 saturated heterocycles. The number of ether oxygens (including phenoxy) is 1. The quantitative estimate of drug-likeness (QED) is 0.749. The second-order valence-corrected chi connectivity index (χ2v) is 7.41. The van der Waals surface area contributed by atoms with Crippen molar-refractivity contribution in [1.82, 2.24) is 10.2 Å². The summed E-state index contributed by atoms with van der Waals surface area (Å²) in [5.74, 6) is -0.720. The summed E-state index contributed by atoms with van der Waals surface area (Å²) < 4.78 is 5.48. The van der Waals surface area contributed by atoms with Gasteiger partial charge in [0.15, 0.2) is 5.60 Å². The molecule has 0 bridgehead atoms. The third kappa shape index (κ3) is 4.42. The van der Waals surface area contributed by atoms with E-state index in [2.05, 4.69) is 36.2 Å². The molecule has 0 fully saturated rings. The van der Waals surface area contributed by atoms with Crippen LogP contribution in [0.4, 0.5) is 0 Å². The summed E-state index contributed by atoms with van der Waals surface area (Å²) in [5.41, 5.74) is 2.47. The molecule has 2 aromatic carbocycles. The van der Waals surface area contributed by atoms with Crippen LogP contribution in [0.2, 0.25) is 0 Å². The molecule has 28 heavy (non-hydrogen) atoms. The molecule has 5 nitrogen and oxygen atoms in total. The van der Waals surface area contributed by atoms with Crippen molar-refractivity contribution >= 4 is 11.9 Å². The molecule has 1 N–H and O–H groups in total. The van der Waals surface area contributed by atoms with E-state index in [1.807, 2.05) is 24.3 Å². The van der Waals surface area contributed by atoms with Gasteiger partial charge in [-0.1, -0.05) is 56.3 Å². The van der Waals surface area contributed by atoms with Crippen LogP contribution in [0, 0.1) is 0 Å². The first-order valence-electron chi connectivity index (χ1n) is 9.85. The van der Waals surface area contributed by atoms with E-state index in [4.69, 9.17) is 4.74 Å². The number of amides is 1. The van der Waals surface area contributed by atoms with Crippen molar-refractivity contribution in [3.05, 3.63) is 70.8 Å². The first-order valence-corrected chi connectivity index (χ1v) is 9.85. The van der Waals surface area contributed by atoms with Gasteiger partial charge in [-0.25, -0.2) is 4.79 Å². The normalized spacial score (nSPS) is 18.5. The number of hydrogen-bond acceptors (Lipinski definition) is 4. The van der Waals surface area contributed by atoms with Crippen molar-refractivity contribution in [3.8, 4) is 0 Å². The molecule has 0 radical (unpaired) electrons. The molecule has 1 atom stereocenters. The van der Waals surface area contributed by atoms with E-state index in [0.717, 1.165) is 30.8 Å². The fourth-order valence-electron chi connectivity index (χ4n) is 3.50. The lowest BCUT2D eigenvalue weighted by atomic mass is 9.89. The summed E-state index contributed by atoms with van der Waals surface area (Å²) >= 11 is 0. The Morgan fingerprint density at radius 3 is 2.39 bits per heavy atom. The number of fused-ring (bicyclic) bond motifs is 1. The number of cyclic esters (lactones) is 1. The van der Waals surface area contributed by atoms with Gasteiger partial charge in [-0.3, -0.25) is 9.69 Å². The van der Waals surface area contributed by atoms with Gasteiger partial charge in [-0.05, 0) is 42.8 Å². The molecule has 0 aliphatic carbocycles. The SMILES string of the molecule is CCN(CC)Cc1ccc(CNC(=O)C2(C)Cc3ccccc3C(=O)O2)cc1. The van der Waals surface area contributed by atoms with Gasteiger partial charge < -0.3 is 10.1 Å². The van der Waals surface area contributed by atoms with E-state index in [1.165, 1.54) is 5.56 Å². The number of carbonyl (C=O) groups is 2. The lowest BCUT2D eigenvalue weighted by Crippen LogP contribution is -2.51. The molecule has 2 aromatic rings. The smallest absolute Gasteiger partial charge is 0.339 e. The zero-order chi connectivity index (χ0) is 20.1. The van der Waals surface area contributed by atoms with Crippen molar-refractivity contribution in [2.45, 2.75) is 45.9 Å². The van der Waals surface area contributed by atoms with E-state index in [0.29, 0.717) is 18.5 Å². The maximum absolute atomic E-state index is 12.7. The second-order valence-electron chi connectivity index (χ2n) is 7.41. The average Bonchev–Trinajstić information content (AvgIpc) is 2.71. The van der Waals surface area contributed by atoms with Gasteiger partial charge >= 0.3 is 5.97 Å². The summed E-state index contributed by atoms with van der Waals surface area (Å²) in [6.07, 6.45) is 0.379. The van der Waals surface area contributed by atoms with Gasteiger partial charge in [0.25, 0.3) is 5.91 Å². The number of esters is 1. The van der Waals surface area contributed by atoms with Gasteiger partial charge in [0.1, 0.15) is 0 Å². The molecule has 1 aliphatic rings. The largest absolute Gasteiger partial charge is 0.445 e. The fourth-order valence-corrected chi connectivity index (χ4v) is 3.50. The molecule has 1 amide bonds. The zero-order valence-corrected chi connectivity index (χ0v) is 16.8. The summed E-state index contributed by atoms with van der Waals surface area (Å²) in [4.78, 5) is 27.3. The standard InChI is InChI=1S/C23H28N2O3/c1-4-25(5-2)16-18-12-10-17(11-13-18)15-24-22(27)23(3)14-19-8-6-7-9-20(19)21(26)28-23/h6-13H,4-5,14-16H2,1-3H3,(H,24,27). The highest BCUT2D eigenvalue weighted by Gasteiger charge is 2.42. The summed E-state index contributed by atoms with van der Waals surface area (Å²) in [5, 5.41) is 2.92. The predicted octanol–water partition coefficient (Wildman–Crippen LogP) is 3.32. The molecule has 1 aliphatic heterocycles. The van der Waals surface area contributed by atoms with Crippen LogP contribution in [0.15, 0.2) is 48.5 Å². The van der Waals surface area contributed by atoms with Crippen molar-refractivity contribution < 1.29 is 14.3 Å². The van der Waals surface area contributed by atoms with Gasteiger partial charge in [-0.2, -0.15) is 0 Å². The van der Waals surface area contributed by atoms with E-state index in [-0.39, 0.29) is 5.91 Å². The Kier molecular flexibility index (Phi) is 6.15. The van der Waals surface area contributed by atoms with Crippen molar-refractivity contribution in [1.29, 1.82) is 0 Å². The van der Waals surface area contributed by atoms with Gasteiger partial charge in [0.2, 0.25) is 0 Å². The molecule has 5 heteroatoms. The molecule has 0 saturated carbocycles. The highest BCUT2D eigenvalue weighted by atomic mass is 16.6. The third-order valence-electron chi connectivity index (χ3n) is 5.34. The monoisotopic (exact) mass is 380 g/mol. The number of carbonyl (C=O) groups excluding carboxylic acids is 2. The van der Waals surface area contributed by atoms with Crippen molar-refractivity contribution in [3.63, 3.8) is 0 Å². The number of benzene rings is 2. The zero-order valence-electron chi connectivity index (χ0n) is 16.8. The van der Waals surface area contributed by atoms with E-state index >= 15 is 0 Å². The minimum atomic E-state index is -1.19. The summed E-state index contributed by atoms with van der Waals surface area (Å²) in [6.45, 7) is 9.36. The highest BCUT2D eigenvalue weighted by Crippen LogP contribution is 2.28. The van der Waals surface area contributed by atoms with Crippen LogP contribution in [-0.4, -0.2) is 35.5 Å². The second kappa shape index (κ2) is 8.57. The number of nitrogens with one attached hydrogen (secondary N) is 1. The van der Waals surface area contributed by atoms with Crippen LogP contribution >= 0.6 is 0 Å². The molecule has 3 rings (SSSR count). The predicted molar refractivity (Wildman–Crippen MR) is 109 cm³/mol. The third-order valence-corrected chi connectivity index (χ3v) is 5.34. The molecule has 0 spiro atoms. The van der Waals surface area contributed by atoms with Crippen LogP contribution < -0.4 is 5.32 Å². The van der Waals surface area contributed by atoms with Crippen LogP contribution in [0.5, 0.6) is 0 Å². The maximum Gasteiger partial charge on any atom is 0.339 e. The minimum absolute atomic E-state index is 0.275. The number of hydrogen-bond donors (Lipinski definition) is 1. The number of rotatable bonds is 7. The first-order chi connectivity index (χ1) is 13.4. The lowest BCUT2D eigenvalue weighted by molar-refractivity contribution is -0.139. The van der Waals surface area contributed by atoms with E-state index in [1.54, 1.807) is 19.1 Å². The van der Waals surface area contributed by atoms with Crippen molar-refractivity contribution in [2.75, 3.05) is 13.1 Å². The topological polar surface area (TPSA) is 58.6 Å². The highest BCUT2D eigenvalue weighted by molar-refractivity contribution is 5.97. The Morgan fingerprint density at radius 1 is 1.07 bits per heavy atom. The molecule has 148 valence electrons. The Hall–Kier alpha value is -2.66. The number of nitrogens with zero attached hydrogens (tertiary/aromatic N) is 1. The van der Waals surface area contributed by atoms with Crippen LogP contribution in [0.3, 0.4) is 0 Å². The first kappa shape index (κ1) is 20.1. The van der Waals surface area contributed by atoms with E-state index in [9.17, 15) is 9.59 Å². The summed E-state index contributed by atoms with van der Waals surface area (Å²) in [7, 11) is 0. The van der Waals surface area contributed by atoms with Gasteiger partial charge in [0.05, 0.1) is 5.56 Å². The van der Waals surface area contributed by atoms with E-state index < -0.39 is 11.6 Å². The Bertz CT molecular complexity index is 843. The molecular weight excluding hydrogens is 352 g/mol. The molecule has 0 aromatic heterocycles. The maximum atomic E-state index is 12.7. The molecule has 1 heterocycles. The average molecular weight is 380 g/mol. The Labute approximate surface area is 166 Å². The van der Waals surface area contributed by atoms with Gasteiger partial charge in [0, 0.05) is 19.5 Å². The lowest BCUT2D eigenvalue weighted by Gasteiger charge is -2.33. The Balaban J connectivity index is 1.60. The van der Waals surface area contributed by atoms with Gasteiger partial charge in [-0.15, -0.1) is 0 Å². The van der Waals surface area contributed by atoms with Crippen LogP contribution in [0.1, 0.15) is 47.8 Å². The minimum Gasteiger partial charge on any atom is -0.445 e. The fraction of sp³-hybridized carbons (Fsp3) is 0.391. The molecular formula is C23H28N2O3. The molecule has 1 unspecified atom stereocenters.